The monoisotopic (exact) mass is 250 g/mol. The van der Waals surface area contributed by atoms with Crippen LogP contribution in [0.15, 0.2) is 9.85 Å². The van der Waals surface area contributed by atoms with E-state index in [1.807, 2.05) is 11.3 Å². The number of thiophene rings is 1. The summed E-state index contributed by atoms with van der Waals surface area (Å²) in [6, 6.07) is 0. The zero-order valence-electron chi connectivity index (χ0n) is 6.43. The molecule has 0 aliphatic heterocycles. The molecular weight excluding hydrogens is 240 g/mol. The van der Waals surface area contributed by atoms with E-state index in [-0.39, 0.29) is 0 Å². The Balaban J connectivity index is 2.63. The smallest absolute Gasteiger partial charge is 0.0343 e. The van der Waals surface area contributed by atoms with Crippen LogP contribution in [-0.4, -0.2) is 5.75 Å². The van der Waals surface area contributed by atoms with E-state index >= 15 is 0 Å². The Labute approximate surface area is 85.6 Å². The van der Waals surface area contributed by atoms with Crippen LogP contribution in [0.4, 0.5) is 0 Å². The average molecular weight is 251 g/mol. The summed E-state index contributed by atoms with van der Waals surface area (Å²) in [6.07, 6.45) is 2.32. The molecule has 0 fully saturated rings. The molecule has 0 aliphatic carbocycles. The lowest BCUT2D eigenvalue weighted by Crippen LogP contribution is -1.82. The molecule has 3 heteroatoms. The van der Waals surface area contributed by atoms with Crippen LogP contribution in [0.1, 0.15) is 16.9 Å². The molecule has 1 rings (SSSR count). The topological polar surface area (TPSA) is 0 Å². The molecular formula is C8H11BrS2. The highest BCUT2D eigenvalue weighted by Gasteiger charge is 2.03. The van der Waals surface area contributed by atoms with Crippen molar-refractivity contribution in [1.29, 1.82) is 0 Å². The predicted molar refractivity (Wildman–Crippen MR) is 58.9 cm³/mol. The van der Waals surface area contributed by atoms with Crippen molar-refractivity contribution in [3.05, 3.63) is 20.3 Å². The summed E-state index contributed by atoms with van der Waals surface area (Å²) >= 11 is 9.58. The van der Waals surface area contributed by atoms with Gasteiger partial charge in [0.15, 0.2) is 0 Å². The summed E-state index contributed by atoms with van der Waals surface area (Å²) in [4.78, 5) is 1.46. The first-order valence-corrected chi connectivity index (χ1v) is 5.89. The second-order valence-electron chi connectivity index (χ2n) is 2.48. The first kappa shape index (κ1) is 9.62. The number of hydrogen-bond donors (Lipinski definition) is 1. The summed E-state index contributed by atoms with van der Waals surface area (Å²) in [6.45, 7) is 2.13. The van der Waals surface area contributed by atoms with Gasteiger partial charge < -0.3 is 0 Å². The molecule has 0 unspecified atom stereocenters. The van der Waals surface area contributed by atoms with Gasteiger partial charge in [0, 0.05) is 9.35 Å². The van der Waals surface area contributed by atoms with Gasteiger partial charge in [-0.15, -0.1) is 11.3 Å². The van der Waals surface area contributed by atoms with Gasteiger partial charge in [-0.2, -0.15) is 12.6 Å². The van der Waals surface area contributed by atoms with Gasteiger partial charge in [0.05, 0.1) is 0 Å². The van der Waals surface area contributed by atoms with Gasteiger partial charge in [-0.25, -0.2) is 0 Å². The van der Waals surface area contributed by atoms with Crippen molar-refractivity contribution in [2.24, 2.45) is 0 Å². The van der Waals surface area contributed by atoms with E-state index in [2.05, 4.69) is 40.9 Å². The minimum Gasteiger partial charge on any atom is -0.179 e. The molecule has 11 heavy (non-hydrogen) atoms. The van der Waals surface area contributed by atoms with Crippen LogP contribution in [0.5, 0.6) is 0 Å². The van der Waals surface area contributed by atoms with E-state index in [0.29, 0.717) is 0 Å². The lowest BCUT2D eigenvalue weighted by atomic mass is 10.2. The van der Waals surface area contributed by atoms with Crippen LogP contribution in [-0.2, 0) is 6.42 Å². The SMILES string of the molecule is Cc1csc(CCCS)c1Br. The van der Waals surface area contributed by atoms with E-state index in [9.17, 15) is 0 Å². The Bertz CT molecular complexity index is 230. The molecule has 1 aromatic rings. The Morgan fingerprint density at radius 3 is 2.82 bits per heavy atom. The molecule has 0 aliphatic rings. The molecule has 1 heterocycles. The van der Waals surface area contributed by atoms with Crippen molar-refractivity contribution in [2.45, 2.75) is 19.8 Å². The van der Waals surface area contributed by atoms with Crippen molar-refractivity contribution in [3.63, 3.8) is 0 Å². The number of thiol groups is 1. The van der Waals surface area contributed by atoms with E-state index in [1.165, 1.54) is 21.3 Å². The zero-order chi connectivity index (χ0) is 8.27. The summed E-state index contributed by atoms with van der Waals surface area (Å²) < 4.78 is 1.30. The van der Waals surface area contributed by atoms with E-state index in [0.717, 1.165) is 12.2 Å². The van der Waals surface area contributed by atoms with Gasteiger partial charge in [-0.05, 0) is 52.4 Å². The molecule has 0 saturated heterocycles. The first-order valence-electron chi connectivity index (χ1n) is 3.59. The van der Waals surface area contributed by atoms with Crippen molar-refractivity contribution in [2.75, 3.05) is 5.75 Å². The van der Waals surface area contributed by atoms with Gasteiger partial charge in [-0.3, -0.25) is 0 Å². The summed E-state index contributed by atoms with van der Waals surface area (Å²) in [5, 5.41) is 2.19. The number of halogens is 1. The lowest BCUT2D eigenvalue weighted by molar-refractivity contribution is 0.950. The van der Waals surface area contributed by atoms with Gasteiger partial charge in [0.25, 0.3) is 0 Å². The number of hydrogen-bond acceptors (Lipinski definition) is 2. The van der Waals surface area contributed by atoms with Crippen molar-refractivity contribution >= 4 is 39.9 Å². The zero-order valence-corrected chi connectivity index (χ0v) is 9.73. The van der Waals surface area contributed by atoms with Crippen LogP contribution in [0.25, 0.3) is 0 Å². The highest BCUT2D eigenvalue weighted by atomic mass is 79.9. The molecule has 0 N–H and O–H groups in total. The highest BCUT2D eigenvalue weighted by Crippen LogP contribution is 2.28. The van der Waals surface area contributed by atoms with Gasteiger partial charge in [-0.1, -0.05) is 0 Å². The third-order valence-corrected chi connectivity index (χ3v) is 4.38. The van der Waals surface area contributed by atoms with Crippen LogP contribution in [0, 0.1) is 6.92 Å². The molecule has 0 nitrogen and oxygen atoms in total. The second kappa shape index (κ2) is 4.53. The number of aryl methyl sites for hydroxylation is 2. The van der Waals surface area contributed by atoms with Crippen molar-refractivity contribution in [1.82, 2.24) is 0 Å². The summed E-state index contributed by atoms with van der Waals surface area (Å²) in [5.41, 5.74) is 1.35. The molecule has 0 saturated carbocycles. The largest absolute Gasteiger partial charge is 0.179 e. The Morgan fingerprint density at radius 1 is 1.64 bits per heavy atom. The van der Waals surface area contributed by atoms with Crippen LogP contribution in [0.3, 0.4) is 0 Å². The number of rotatable bonds is 3. The third kappa shape index (κ3) is 2.49. The minimum absolute atomic E-state index is 0.976. The molecule has 1 aromatic heterocycles. The molecule has 62 valence electrons. The fourth-order valence-corrected chi connectivity index (χ4v) is 2.76. The van der Waals surface area contributed by atoms with Crippen LogP contribution >= 0.6 is 39.9 Å². The maximum absolute atomic E-state index is 4.18. The molecule has 0 aromatic carbocycles. The maximum atomic E-state index is 4.18. The fourth-order valence-electron chi connectivity index (χ4n) is 0.891. The Hall–Kier alpha value is 0.530. The fraction of sp³-hybridized carbons (Fsp3) is 0.500. The van der Waals surface area contributed by atoms with E-state index < -0.39 is 0 Å². The van der Waals surface area contributed by atoms with Crippen LogP contribution < -0.4 is 0 Å². The quantitative estimate of drug-likeness (QED) is 0.778. The Morgan fingerprint density at radius 2 is 2.36 bits per heavy atom. The summed E-state index contributed by atoms with van der Waals surface area (Å²) in [7, 11) is 0. The maximum Gasteiger partial charge on any atom is 0.0343 e. The van der Waals surface area contributed by atoms with Gasteiger partial charge in [0.1, 0.15) is 0 Å². The highest BCUT2D eigenvalue weighted by molar-refractivity contribution is 9.10. The second-order valence-corrected chi connectivity index (χ2v) is 4.69. The molecule has 0 bridgehead atoms. The predicted octanol–water partition coefficient (Wildman–Crippen LogP) is 3.68. The molecule has 0 amide bonds. The average Bonchev–Trinajstić information content (AvgIpc) is 2.31. The van der Waals surface area contributed by atoms with E-state index in [4.69, 9.17) is 0 Å². The van der Waals surface area contributed by atoms with Crippen LogP contribution in [0.2, 0.25) is 0 Å². The summed E-state index contributed by atoms with van der Waals surface area (Å²) in [5.74, 6) is 0.976. The third-order valence-electron chi connectivity index (χ3n) is 1.53. The molecule has 0 radical (unpaired) electrons. The van der Waals surface area contributed by atoms with Gasteiger partial charge in [0.2, 0.25) is 0 Å². The minimum atomic E-state index is 0.976. The normalized spacial score (nSPS) is 10.5. The van der Waals surface area contributed by atoms with Crippen molar-refractivity contribution < 1.29 is 0 Å². The van der Waals surface area contributed by atoms with Crippen molar-refractivity contribution in [3.8, 4) is 0 Å². The van der Waals surface area contributed by atoms with E-state index in [1.54, 1.807) is 0 Å². The molecule has 0 atom stereocenters. The standard InChI is InChI=1S/C8H11BrS2/c1-6-5-11-7(8(6)9)3-2-4-10/h5,10H,2-4H2,1H3. The lowest BCUT2D eigenvalue weighted by Gasteiger charge is -1.95. The Kier molecular flexibility index (Phi) is 3.96. The first-order chi connectivity index (χ1) is 5.25. The van der Waals surface area contributed by atoms with Gasteiger partial charge >= 0.3 is 0 Å². The molecule has 0 spiro atoms.